The highest BCUT2D eigenvalue weighted by Crippen LogP contribution is 2.32. The van der Waals surface area contributed by atoms with Gasteiger partial charge in [0.1, 0.15) is 0 Å². The molecule has 0 bridgehead atoms. The summed E-state index contributed by atoms with van der Waals surface area (Å²) in [6.07, 6.45) is 4.67. The fraction of sp³-hybridized carbons (Fsp3) is 0.394. The maximum Gasteiger partial charge on any atom is 0.254 e. The number of aryl methyl sites for hydroxylation is 1. The Morgan fingerprint density at radius 2 is 1.83 bits per heavy atom. The van der Waals surface area contributed by atoms with Crippen LogP contribution in [0.3, 0.4) is 0 Å². The van der Waals surface area contributed by atoms with E-state index in [-0.39, 0.29) is 29.2 Å². The Bertz CT molecular complexity index is 1800. The molecule has 4 aromatic rings. The van der Waals surface area contributed by atoms with Gasteiger partial charge in [-0.25, -0.2) is 14.4 Å². The topological polar surface area (TPSA) is 124 Å². The summed E-state index contributed by atoms with van der Waals surface area (Å²) in [4.78, 5) is 38.6. The number of aromatic nitrogens is 3. The number of halogens is 2. The summed E-state index contributed by atoms with van der Waals surface area (Å²) in [5, 5.41) is 16.5. The Hall–Kier alpha value is -4.62. The fourth-order valence-electron chi connectivity index (χ4n) is 6.02. The molecule has 0 aliphatic carbocycles. The van der Waals surface area contributed by atoms with Gasteiger partial charge in [0.2, 0.25) is 11.7 Å². The number of piperazine rings is 1. The molecule has 242 valence electrons. The van der Waals surface area contributed by atoms with Crippen LogP contribution in [0.25, 0.3) is 16.9 Å². The Labute approximate surface area is 265 Å². The highest BCUT2D eigenvalue weighted by atomic mass is 19.2. The van der Waals surface area contributed by atoms with Gasteiger partial charge in [-0.2, -0.15) is 4.39 Å². The summed E-state index contributed by atoms with van der Waals surface area (Å²) in [7, 11) is 0. The number of rotatable bonds is 7. The normalized spacial score (nSPS) is 20.0. The maximum atomic E-state index is 15.1. The van der Waals surface area contributed by atoms with E-state index < -0.39 is 23.3 Å². The summed E-state index contributed by atoms with van der Waals surface area (Å²) in [5.74, 6) is -2.02. The Morgan fingerprint density at radius 1 is 1.09 bits per heavy atom. The van der Waals surface area contributed by atoms with Crippen molar-refractivity contribution in [2.75, 3.05) is 38.0 Å². The molecular formula is C33H37F2N7O4. The van der Waals surface area contributed by atoms with Crippen LogP contribution < -0.4 is 15.4 Å². The Kier molecular flexibility index (Phi) is 8.38. The molecule has 13 heteroatoms. The predicted molar refractivity (Wildman–Crippen MR) is 168 cm³/mol. The summed E-state index contributed by atoms with van der Waals surface area (Å²) in [5.41, 5.74) is 1.86. The lowest BCUT2D eigenvalue weighted by molar-refractivity contribution is -0.134. The maximum absolute atomic E-state index is 15.1. The van der Waals surface area contributed by atoms with E-state index in [1.807, 2.05) is 13.0 Å². The zero-order valence-corrected chi connectivity index (χ0v) is 26.2. The second-order valence-corrected chi connectivity index (χ2v) is 12.4. The van der Waals surface area contributed by atoms with E-state index in [9.17, 15) is 19.1 Å². The molecule has 2 aliphatic rings. The number of carbonyl (C=O) groups is 2. The minimum absolute atomic E-state index is 0.0329. The quantitative estimate of drug-likeness (QED) is 0.280. The first-order valence-electron chi connectivity index (χ1n) is 15.3. The standard InChI is InChI=1S/C33H37F2N7O4/c1-19(2)46-26-8-7-23(27(34)28(26)35)25-17-37-30-29(36-9-10-42(25)30)39-21-5-6-22(20(3)15-21)31(43)40-11-13-41(14-12-40)32(44)24-16-33(4,45)18-38-24/h5-10,15,17,19,24,38,45H,11-14,16,18H2,1-4H3,(H,36,39)/t24-,33-/m0/s1. The van der Waals surface area contributed by atoms with E-state index in [0.29, 0.717) is 67.6 Å². The Balaban J connectivity index is 1.14. The predicted octanol–water partition coefficient (Wildman–Crippen LogP) is 3.91. The van der Waals surface area contributed by atoms with Crippen molar-refractivity contribution >= 4 is 29.0 Å². The number of β-amino-alcohol motifs (C(OH)–C–C–N with tert-alkyl or cyclic N) is 1. The fourth-order valence-corrected chi connectivity index (χ4v) is 6.02. The molecule has 0 spiro atoms. The van der Waals surface area contributed by atoms with Crippen molar-refractivity contribution in [3.05, 3.63) is 71.7 Å². The third kappa shape index (κ3) is 6.12. The second-order valence-electron chi connectivity index (χ2n) is 12.4. The number of hydrogen-bond acceptors (Lipinski definition) is 8. The summed E-state index contributed by atoms with van der Waals surface area (Å²) in [6, 6.07) is 7.81. The van der Waals surface area contributed by atoms with Crippen molar-refractivity contribution < 1.29 is 28.2 Å². The van der Waals surface area contributed by atoms with E-state index in [4.69, 9.17) is 4.74 Å². The Morgan fingerprint density at radius 3 is 2.50 bits per heavy atom. The summed E-state index contributed by atoms with van der Waals surface area (Å²) in [6.45, 7) is 9.11. The number of benzene rings is 2. The first kappa shape index (κ1) is 31.4. The van der Waals surface area contributed by atoms with Crippen LogP contribution in [0.4, 0.5) is 20.3 Å². The van der Waals surface area contributed by atoms with Gasteiger partial charge in [-0.1, -0.05) is 0 Å². The van der Waals surface area contributed by atoms with Crippen LogP contribution in [-0.4, -0.2) is 91.6 Å². The van der Waals surface area contributed by atoms with Crippen LogP contribution in [0.1, 0.15) is 43.1 Å². The zero-order chi connectivity index (χ0) is 32.7. The molecule has 2 fully saturated rings. The largest absolute Gasteiger partial charge is 0.488 e. The number of nitrogens with one attached hydrogen (secondary N) is 2. The molecular weight excluding hydrogens is 596 g/mol. The minimum atomic E-state index is -1.06. The van der Waals surface area contributed by atoms with Crippen molar-refractivity contribution in [3.8, 4) is 17.0 Å². The van der Waals surface area contributed by atoms with Crippen molar-refractivity contribution in [2.45, 2.75) is 51.9 Å². The van der Waals surface area contributed by atoms with E-state index in [1.54, 1.807) is 53.3 Å². The van der Waals surface area contributed by atoms with Gasteiger partial charge in [-0.15, -0.1) is 0 Å². The highest BCUT2D eigenvalue weighted by molar-refractivity contribution is 5.96. The van der Waals surface area contributed by atoms with E-state index >= 15 is 4.39 Å². The molecule has 0 unspecified atom stereocenters. The van der Waals surface area contributed by atoms with Gasteiger partial charge in [-0.05, 0) is 63.6 Å². The second kappa shape index (κ2) is 12.3. The van der Waals surface area contributed by atoms with Gasteiger partial charge in [0, 0.05) is 68.4 Å². The van der Waals surface area contributed by atoms with Gasteiger partial charge in [0.15, 0.2) is 23.0 Å². The number of amides is 2. The third-order valence-electron chi connectivity index (χ3n) is 8.38. The van der Waals surface area contributed by atoms with Crippen LogP contribution in [0.5, 0.6) is 5.75 Å². The molecule has 3 N–H and O–H groups in total. The molecule has 2 saturated heterocycles. The molecule has 6 rings (SSSR count). The molecule has 2 aromatic carbocycles. The average molecular weight is 634 g/mol. The number of imidazole rings is 1. The minimum Gasteiger partial charge on any atom is -0.488 e. The smallest absolute Gasteiger partial charge is 0.254 e. The van der Waals surface area contributed by atoms with Crippen LogP contribution in [0.2, 0.25) is 0 Å². The lowest BCUT2D eigenvalue weighted by atomic mass is 10.0. The van der Waals surface area contributed by atoms with Crippen molar-refractivity contribution in [1.82, 2.24) is 29.5 Å². The molecule has 2 aliphatic heterocycles. The number of fused-ring (bicyclic) bond motifs is 1. The zero-order valence-electron chi connectivity index (χ0n) is 26.2. The third-order valence-corrected chi connectivity index (χ3v) is 8.38. The average Bonchev–Trinajstić information content (AvgIpc) is 3.62. The monoisotopic (exact) mass is 633 g/mol. The molecule has 2 atom stereocenters. The van der Waals surface area contributed by atoms with Crippen LogP contribution in [0, 0.1) is 18.6 Å². The number of nitrogens with zero attached hydrogens (tertiary/aromatic N) is 5. The van der Waals surface area contributed by atoms with Gasteiger partial charge in [-0.3, -0.25) is 14.0 Å². The van der Waals surface area contributed by atoms with E-state index in [1.165, 1.54) is 24.5 Å². The number of hydrogen-bond donors (Lipinski definition) is 3. The van der Waals surface area contributed by atoms with Crippen molar-refractivity contribution in [2.24, 2.45) is 0 Å². The van der Waals surface area contributed by atoms with Crippen LogP contribution in [0.15, 0.2) is 48.9 Å². The van der Waals surface area contributed by atoms with E-state index in [2.05, 4.69) is 20.6 Å². The molecule has 2 aromatic heterocycles. The SMILES string of the molecule is Cc1cc(Nc2nccn3c(-c4ccc(OC(C)C)c(F)c4F)cnc23)ccc1C(=O)N1CCN(C(=O)[C@@H]2C[C@](C)(O)CN2)CC1. The number of ether oxygens (including phenoxy) is 1. The van der Waals surface area contributed by atoms with Crippen molar-refractivity contribution in [1.29, 1.82) is 0 Å². The van der Waals surface area contributed by atoms with E-state index in [0.717, 1.165) is 5.56 Å². The number of anilines is 2. The highest BCUT2D eigenvalue weighted by Gasteiger charge is 2.39. The first-order valence-corrected chi connectivity index (χ1v) is 15.3. The summed E-state index contributed by atoms with van der Waals surface area (Å²) < 4.78 is 36.8. The molecule has 11 nitrogen and oxygen atoms in total. The molecule has 2 amide bonds. The molecule has 4 heterocycles. The van der Waals surface area contributed by atoms with Crippen LogP contribution >= 0.6 is 0 Å². The molecule has 0 radical (unpaired) electrons. The van der Waals surface area contributed by atoms with Gasteiger partial charge in [0.05, 0.1) is 29.6 Å². The van der Waals surface area contributed by atoms with Gasteiger partial charge < -0.3 is 30.3 Å². The van der Waals surface area contributed by atoms with Gasteiger partial charge >= 0.3 is 0 Å². The first-order chi connectivity index (χ1) is 21.9. The van der Waals surface area contributed by atoms with Crippen LogP contribution in [-0.2, 0) is 4.79 Å². The molecule has 46 heavy (non-hydrogen) atoms. The van der Waals surface area contributed by atoms with Crippen molar-refractivity contribution in [3.63, 3.8) is 0 Å². The number of carbonyl (C=O) groups excluding carboxylic acids is 2. The lowest BCUT2D eigenvalue weighted by Gasteiger charge is -2.36. The summed E-state index contributed by atoms with van der Waals surface area (Å²) >= 11 is 0. The van der Waals surface area contributed by atoms with Gasteiger partial charge in [0.25, 0.3) is 5.91 Å². The lowest BCUT2D eigenvalue weighted by Crippen LogP contribution is -2.54. The molecule has 0 saturated carbocycles. The number of aliphatic hydroxyl groups is 1.